The Labute approximate surface area is 126 Å². The summed E-state index contributed by atoms with van der Waals surface area (Å²) in [5, 5.41) is 0.792. The summed E-state index contributed by atoms with van der Waals surface area (Å²) in [5.41, 5.74) is 8.56. The van der Waals surface area contributed by atoms with Gasteiger partial charge in [0, 0.05) is 23.3 Å². The summed E-state index contributed by atoms with van der Waals surface area (Å²) in [6.45, 7) is 3.83. The highest BCUT2D eigenvalue weighted by Gasteiger charge is 2.36. The maximum absolute atomic E-state index is 6.17. The molecule has 3 rings (SSSR count). The van der Waals surface area contributed by atoms with Crippen LogP contribution in [0.4, 0.5) is 5.69 Å². The molecule has 4 heteroatoms. The molecule has 0 bridgehead atoms. The monoisotopic (exact) mass is 294 g/mol. The van der Waals surface area contributed by atoms with E-state index >= 15 is 0 Å². The molecule has 1 aromatic rings. The summed E-state index contributed by atoms with van der Waals surface area (Å²) in [5.74, 6) is 0. The number of fused-ring (bicyclic) bond motifs is 1. The minimum Gasteiger partial charge on any atom is -0.374 e. The van der Waals surface area contributed by atoms with E-state index in [0.717, 1.165) is 24.6 Å². The Kier molecular flexibility index (Phi) is 4.20. The Morgan fingerprint density at radius 1 is 1.45 bits per heavy atom. The molecule has 0 radical (unpaired) electrons. The predicted molar refractivity (Wildman–Crippen MR) is 83.5 cm³/mol. The molecule has 1 aliphatic heterocycles. The SMILES string of the molecule is CC(N)Cc1cc(Cl)ccc1N1CCOC2CCCC21. The number of ether oxygens (including phenoxy) is 1. The zero-order valence-corrected chi connectivity index (χ0v) is 12.8. The van der Waals surface area contributed by atoms with E-state index in [4.69, 9.17) is 22.1 Å². The highest BCUT2D eigenvalue weighted by Crippen LogP contribution is 2.35. The minimum atomic E-state index is 0.146. The molecule has 1 aromatic carbocycles. The van der Waals surface area contributed by atoms with Crippen molar-refractivity contribution in [2.24, 2.45) is 5.73 Å². The zero-order chi connectivity index (χ0) is 14.1. The Bertz CT molecular complexity index is 478. The molecule has 3 unspecified atom stereocenters. The summed E-state index contributed by atoms with van der Waals surface area (Å²) < 4.78 is 5.91. The molecule has 1 heterocycles. The van der Waals surface area contributed by atoms with Crippen molar-refractivity contribution >= 4 is 17.3 Å². The van der Waals surface area contributed by atoms with Crippen LogP contribution in [0.1, 0.15) is 31.7 Å². The molecule has 20 heavy (non-hydrogen) atoms. The van der Waals surface area contributed by atoms with Gasteiger partial charge in [-0.1, -0.05) is 11.6 Å². The van der Waals surface area contributed by atoms with E-state index < -0.39 is 0 Å². The lowest BCUT2D eigenvalue weighted by molar-refractivity contribution is 0.0256. The second kappa shape index (κ2) is 5.92. The van der Waals surface area contributed by atoms with Gasteiger partial charge in [-0.3, -0.25) is 0 Å². The summed E-state index contributed by atoms with van der Waals surface area (Å²) in [4.78, 5) is 2.52. The van der Waals surface area contributed by atoms with Crippen LogP contribution in [0.3, 0.4) is 0 Å². The molecule has 1 aliphatic carbocycles. The van der Waals surface area contributed by atoms with E-state index in [2.05, 4.69) is 17.0 Å². The Morgan fingerprint density at radius 3 is 3.10 bits per heavy atom. The Hall–Kier alpha value is -0.770. The van der Waals surface area contributed by atoms with Crippen molar-refractivity contribution in [3.8, 4) is 0 Å². The van der Waals surface area contributed by atoms with E-state index in [1.807, 2.05) is 13.0 Å². The molecule has 1 saturated carbocycles. The largest absolute Gasteiger partial charge is 0.374 e. The molecular weight excluding hydrogens is 272 g/mol. The fraction of sp³-hybridized carbons (Fsp3) is 0.625. The van der Waals surface area contributed by atoms with Crippen molar-refractivity contribution < 1.29 is 4.74 Å². The fourth-order valence-corrected chi connectivity index (χ4v) is 3.76. The van der Waals surface area contributed by atoms with Crippen molar-refractivity contribution in [1.82, 2.24) is 0 Å². The van der Waals surface area contributed by atoms with Gasteiger partial charge in [-0.2, -0.15) is 0 Å². The third-order valence-electron chi connectivity index (χ3n) is 4.37. The average Bonchev–Trinajstić information content (AvgIpc) is 2.86. The van der Waals surface area contributed by atoms with Gasteiger partial charge in [0.25, 0.3) is 0 Å². The maximum atomic E-state index is 6.17. The lowest BCUT2D eigenvalue weighted by Crippen LogP contribution is -2.49. The lowest BCUT2D eigenvalue weighted by Gasteiger charge is -2.40. The van der Waals surface area contributed by atoms with Crippen molar-refractivity contribution in [2.45, 2.75) is 50.8 Å². The molecule has 2 aliphatic rings. The van der Waals surface area contributed by atoms with Crippen molar-refractivity contribution in [3.05, 3.63) is 28.8 Å². The number of hydrogen-bond acceptors (Lipinski definition) is 3. The smallest absolute Gasteiger partial charge is 0.0779 e. The summed E-state index contributed by atoms with van der Waals surface area (Å²) in [6.07, 6.45) is 4.96. The van der Waals surface area contributed by atoms with Crippen LogP contribution < -0.4 is 10.6 Å². The molecular formula is C16H23ClN2O. The van der Waals surface area contributed by atoms with Gasteiger partial charge in [0.1, 0.15) is 0 Å². The van der Waals surface area contributed by atoms with E-state index in [-0.39, 0.29) is 6.04 Å². The minimum absolute atomic E-state index is 0.146. The van der Waals surface area contributed by atoms with Crippen LogP contribution in [0.15, 0.2) is 18.2 Å². The molecule has 3 nitrogen and oxygen atoms in total. The summed E-state index contributed by atoms with van der Waals surface area (Å²) in [7, 11) is 0. The molecule has 0 amide bonds. The summed E-state index contributed by atoms with van der Waals surface area (Å²) >= 11 is 6.17. The first-order valence-electron chi connectivity index (χ1n) is 7.57. The highest BCUT2D eigenvalue weighted by molar-refractivity contribution is 6.30. The van der Waals surface area contributed by atoms with Gasteiger partial charge in [0.15, 0.2) is 0 Å². The van der Waals surface area contributed by atoms with Gasteiger partial charge in [-0.15, -0.1) is 0 Å². The van der Waals surface area contributed by atoms with Crippen molar-refractivity contribution in [2.75, 3.05) is 18.1 Å². The Morgan fingerprint density at radius 2 is 2.30 bits per heavy atom. The topological polar surface area (TPSA) is 38.5 Å². The first-order chi connectivity index (χ1) is 9.65. The van der Waals surface area contributed by atoms with E-state index in [1.165, 1.54) is 30.5 Å². The zero-order valence-electron chi connectivity index (χ0n) is 12.0. The number of rotatable bonds is 3. The first kappa shape index (κ1) is 14.2. The number of nitrogens with two attached hydrogens (primary N) is 1. The van der Waals surface area contributed by atoms with Crippen LogP contribution in [0, 0.1) is 0 Å². The quantitative estimate of drug-likeness (QED) is 0.931. The van der Waals surface area contributed by atoms with Gasteiger partial charge >= 0.3 is 0 Å². The maximum Gasteiger partial charge on any atom is 0.0779 e. The third-order valence-corrected chi connectivity index (χ3v) is 4.61. The summed E-state index contributed by atoms with van der Waals surface area (Å²) in [6, 6.07) is 6.88. The van der Waals surface area contributed by atoms with Gasteiger partial charge in [-0.05, 0) is 56.4 Å². The second-order valence-electron chi connectivity index (χ2n) is 6.06. The van der Waals surface area contributed by atoms with E-state index in [0.29, 0.717) is 12.1 Å². The molecule has 2 N–H and O–H groups in total. The number of hydrogen-bond donors (Lipinski definition) is 1. The first-order valence-corrected chi connectivity index (χ1v) is 7.95. The van der Waals surface area contributed by atoms with Crippen molar-refractivity contribution in [3.63, 3.8) is 0 Å². The third kappa shape index (κ3) is 2.80. The predicted octanol–water partition coefficient (Wildman–Crippen LogP) is 2.99. The fourth-order valence-electron chi connectivity index (χ4n) is 3.57. The van der Waals surface area contributed by atoms with Crippen LogP contribution in [-0.2, 0) is 11.2 Å². The molecule has 2 fully saturated rings. The van der Waals surface area contributed by atoms with Crippen LogP contribution in [0.25, 0.3) is 0 Å². The molecule has 3 atom stereocenters. The number of benzene rings is 1. The van der Waals surface area contributed by atoms with Gasteiger partial charge in [-0.25, -0.2) is 0 Å². The molecule has 0 spiro atoms. The molecule has 1 saturated heterocycles. The lowest BCUT2D eigenvalue weighted by atomic mass is 10.0. The number of nitrogens with zero attached hydrogens (tertiary/aromatic N) is 1. The molecule has 110 valence electrons. The van der Waals surface area contributed by atoms with Gasteiger partial charge in [0.05, 0.1) is 18.8 Å². The number of anilines is 1. The average molecular weight is 295 g/mol. The van der Waals surface area contributed by atoms with Crippen molar-refractivity contribution in [1.29, 1.82) is 0 Å². The van der Waals surface area contributed by atoms with E-state index in [1.54, 1.807) is 0 Å². The number of morpholine rings is 1. The normalized spacial score (nSPS) is 27.4. The Balaban J connectivity index is 1.91. The van der Waals surface area contributed by atoms with Gasteiger partial charge < -0.3 is 15.4 Å². The van der Waals surface area contributed by atoms with Gasteiger partial charge in [0.2, 0.25) is 0 Å². The van der Waals surface area contributed by atoms with E-state index in [9.17, 15) is 0 Å². The van der Waals surface area contributed by atoms with Crippen LogP contribution in [-0.4, -0.2) is 31.3 Å². The van der Waals surface area contributed by atoms with Crippen LogP contribution >= 0.6 is 11.6 Å². The number of halogens is 1. The molecule has 0 aromatic heterocycles. The van der Waals surface area contributed by atoms with Crippen LogP contribution in [0.2, 0.25) is 5.02 Å². The standard InChI is InChI=1S/C16H23ClN2O/c1-11(18)9-12-10-13(17)5-6-14(12)19-7-8-20-16-4-2-3-15(16)19/h5-6,10-11,15-16H,2-4,7-9,18H2,1H3. The highest BCUT2D eigenvalue weighted by atomic mass is 35.5. The second-order valence-corrected chi connectivity index (χ2v) is 6.49. The van der Waals surface area contributed by atoms with Crippen LogP contribution in [0.5, 0.6) is 0 Å².